The summed E-state index contributed by atoms with van der Waals surface area (Å²) in [6.07, 6.45) is -3.56. The van der Waals surface area contributed by atoms with Crippen molar-refractivity contribution in [3.63, 3.8) is 0 Å². The minimum atomic E-state index is -4.52. The van der Waals surface area contributed by atoms with Gasteiger partial charge in [-0.25, -0.2) is 4.39 Å². The molecule has 3 amide bonds. The van der Waals surface area contributed by atoms with E-state index < -0.39 is 41.1 Å². The number of alkyl halides is 3. The summed E-state index contributed by atoms with van der Waals surface area (Å²) in [4.78, 5) is 42.6. The number of halogens is 4. The second kappa shape index (κ2) is 11.3. The van der Waals surface area contributed by atoms with Gasteiger partial charge in [0.15, 0.2) is 0 Å². The Morgan fingerprint density at radius 3 is 2.36 bits per heavy atom. The molecular weight excluding hydrogens is 518 g/mol. The number of carbonyl (C=O) groups excluding carboxylic acids is 3. The van der Waals surface area contributed by atoms with Gasteiger partial charge in [-0.3, -0.25) is 19.3 Å². The Hall–Kier alpha value is -3.47. The van der Waals surface area contributed by atoms with Crippen LogP contribution >= 0.6 is 0 Å². The van der Waals surface area contributed by atoms with E-state index in [1.54, 1.807) is 4.90 Å². The minimum Gasteiger partial charge on any atom is -0.353 e. The maximum atomic E-state index is 13.7. The smallest absolute Gasteiger partial charge is 0.353 e. The van der Waals surface area contributed by atoms with Crippen LogP contribution in [-0.4, -0.2) is 59.0 Å². The van der Waals surface area contributed by atoms with Crippen molar-refractivity contribution in [1.82, 2.24) is 15.1 Å². The van der Waals surface area contributed by atoms with E-state index in [-0.39, 0.29) is 48.9 Å². The zero-order valence-corrected chi connectivity index (χ0v) is 21.8. The van der Waals surface area contributed by atoms with Crippen molar-refractivity contribution in [3.05, 3.63) is 71.0 Å². The first-order valence-corrected chi connectivity index (χ1v) is 12.8. The predicted octanol–water partition coefficient (Wildman–Crippen LogP) is 4.37. The first kappa shape index (κ1) is 28.5. The van der Waals surface area contributed by atoms with E-state index in [0.717, 1.165) is 24.3 Å². The van der Waals surface area contributed by atoms with E-state index in [4.69, 9.17) is 4.74 Å². The Morgan fingerprint density at radius 1 is 1.08 bits per heavy atom. The van der Waals surface area contributed by atoms with E-state index in [0.29, 0.717) is 19.5 Å². The van der Waals surface area contributed by atoms with Gasteiger partial charge >= 0.3 is 6.18 Å². The number of ether oxygens (including phenoxy) is 1. The van der Waals surface area contributed by atoms with Crippen LogP contribution < -0.4 is 5.32 Å². The van der Waals surface area contributed by atoms with Crippen LogP contribution in [0.15, 0.2) is 48.5 Å². The fourth-order valence-electron chi connectivity index (χ4n) is 5.05. The van der Waals surface area contributed by atoms with Crippen LogP contribution in [-0.2, 0) is 27.0 Å². The monoisotopic (exact) mass is 549 g/mol. The highest BCUT2D eigenvalue weighted by molar-refractivity contribution is 5.98. The standard InChI is InChI=1S/C28H31F4N3O4/c1-18(2)14-24(36)34-12-10-27(11-13-34)35(26(38)20-6-8-22(29)9-7-20)23(17-39-27)25(37)33-16-19-4-3-5-21(15-19)28(30,31)32/h3-9,15,18,23H,10-14,16-17H2,1-2H3,(H,33,37). The average Bonchev–Trinajstić information content (AvgIpc) is 3.25. The Morgan fingerprint density at radius 2 is 1.74 bits per heavy atom. The summed E-state index contributed by atoms with van der Waals surface area (Å²) in [5.74, 6) is -1.44. The molecule has 1 unspecified atom stereocenters. The Labute approximate surface area is 224 Å². The van der Waals surface area contributed by atoms with Gasteiger partial charge in [-0.1, -0.05) is 26.0 Å². The average molecular weight is 550 g/mol. The van der Waals surface area contributed by atoms with Gasteiger partial charge in [-0.2, -0.15) is 13.2 Å². The van der Waals surface area contributed by atoms with Crippen LogP contribution in [0.5, 0.6) is 0 Å². The molecule has 39 heavy (non-hydrogen) atoms. The summed E-state index contributed by atoms with van der Waals surface area (Å²) in [5.41, 5.74) is -1.57. The molecule has 0 aromatic heterocycles. The second-order valence-electron chi connectivity index (χ2n) is 10.3. The van der Waals surface area contributed by atoms with E-state index in [1.165, 1.54) is 29.2 Å². The zero-order chi connectivity index (χ0) is 28.4. The maximum Gasteiger partial charge on any atom is 0.416 e. The second-order valence-corrected chi connectivity index (χ2v) is 10.3. The Balaban J connectivity index is 1.54. The molecule has 2 aliphatic heterocycles. The van der Waals surface area contributed by atoms with Crippen molar-refractivity contribution in [2.24, 2.45) is 5.92 Å². The van der Waals surface area contributed by atoms with Crippen molar-refractivity contribution in [3.8, 4) is 0 Å². The minimum absolute atomic E-state index is 0.00429. The Bertz CT molecular complexity index is 1210. The highest BCUT2D eigenvalue weighted by Gasteiger charge is 2.54. The molecule has 7 nitrogen and oxygen atoms in total. The lowest BCUT2D eigenvalue weighted by Crippen LogP contribution is -2.59. The quantitative estimate of drug-likeness (QED) is 0.543. The summed E-state index contributed by atoms with van der Waals surface area (Å²) in [7, 11) is 0. The third kappa shape index (κ3) is 6.41. The molecule has 2 aromatic carbocycles. The molecule has 2 heterocycles. The highest BCUT2D eigenvalue weighted by atomic mass is 19.4. The number of rotatable bonds is 6. The van der Waals surface area contributed by atoms with Crippen molar-refractivity contribution in [2.75, 3.05) is 19.7 Å². The molecule has 4 rings (SSSR count). The van der Waals surface area contributed by atoms with Crippen LogP contribution in [0.25, 0.3) is 0 Å². The molecule has 2 saturated heterocycles. The lowest BCUT2D eigenvalue weighted by atomic mass is 9.96. The third-order valence-electron chi connectivity index (χ3n) is 7.07. The van der Waals surface area contributed by atoms with Crippen molar-refractivity contribution in [1.29, 1.82) is 0 Å². The third-order valence-corrected chi connectivity index (χ3v) is 7.07. The van der Waals surface area contributed by atoms with Crippen LogP contribution in [0.3, 0.4) is 0 Å². The fourth-order valence-corrected chi connectivity index (χ4v) is 5.05. The maximum absolute atomic E-state index is 13.7. The zero-order valence-electron chi connectivity index (χ0n) is 21.8. The fraction of sp³-hybridized carbons (Fsp3) is 0.464. The number of carbonyl (C=O) groups is 3. The molecule has 2 fully saturated rings. The first-order chi connectivity index (χ1) is 18.4. The number of nitrogens with one attached hydrogen (secondary N) is 1. The normalized spacial score (nSPS) is 19.0. The molecule has 2 aliphatic rings. The number of likely N-dealkylation sites (tertiary alicyclic amines) is 1. The summed E-state index contributed by atoms with van der Waals surface area (Å²) in [6, 6.07) is 8.50. The van der Waals surface area contributed by atoms with Gasteiger partial charge in [0.2, 0.25) is 11.8 Å². The number of piperidine rings is 1. The lowest BCUT2D eigenvalue weighted by Gasteiger charge is -2.44. The molecule has 1 N–H and O–H groups in total. The van der Waals surface area contributed by atoms with Gasteiger partial charge in [0.25, 0.3) is 5.91 Å². The van der Waals surface area contributed by atoms with Gasteiger partial charge < -0.3 is 15.0 Å². The number of nitrogens with zero attached hydrogens (tertiary/aromatic N) is 2. The van der Waals surface area contributed by atoms with Crippen molar-refractivity contribution < 1.29 is 36.7 Å². The van der Waals surface area contributed by atoms with Gasteiger partial charge in [-0.05, 0) is 47.9 Å². The van der Waals surface area contributed by atoms with Crippen LogP contribution in [0.1, 0.15) is 54.6 Å². The van der Waals surface area contributed by atoms with E-state index in [9.17, 15) is 31.9 Å². The van der Waals surface area contributed by atoms with Gasteiger partial charge in [0.1, 0.15) is 17.6 Å². The largest absolute Gasteiger partial charge is 0.416 e. The molecule has 0 radical (unpaired) electrons. The Kier molecular flexibility index (Phi) is 8.29. The lowest BCUT2D eigenvalue weighted by molar-refractivity contribution is -0.144. The molecule has 0 aliphatic carbocycles. The van der Waals surface area contributed by atoms with Crippen LogP contribution in [0.2, 0.25) is 0 Å². The molecular formula is C28H31F4N3O4. The molecule has 0 bridgehead atoms. The molecule has 2 aromatic rings. The molecule has 210 valence electrons. The molecule has 1 atom stereocenters. The number of amides is 3. The number of hydrogen-bond acceptors (Lipinski definition) is 4. The highest BCUT2D eigenvalue weighted by Crippen LogP contribution is 2.39. The molecule has 0 saturated carbocycles. The number of hydrogen-bond donors (Lipinski definition) is 1. The first-order valence-electron chi connectivity index (χ1n) is 12.8. The van der Waals surface area contributed by atoms with E-state index in [1.807, 2.05) is 13.8 Å². The van der Waals surface area contributed by atoms with Gasteiger partial charge in [0, 0.05) is 44.5 Å². The topological polar surface area (TPSA) is 79.0 Å². The summed E-state index contributed by atoms with van der Waals surface area (Å²) in [6.45, 7) is 4.27. The SMILES string of the molecule is CC(C)CC(=O)N1CCC2(CC1)OCC(C(=O)NCc1cccc(C(F)(F)F)c1)N2C(=O)c1ccc(F)cc1. The van der Waals surface area contributed by atoms with E-state index in [2.05, 4.69) is 5.32 Å². The van der Waals surface area contributed by atoms with Gasteiger partial charge in [-0.15, -0.1) is 0 Å². The summed E-state index contributed by atoms with van der Waals surface area (Å²) >= 11 is 0. The molecule has 1 spiro atoms. The summed E-state index contributed by atoms with van der Waals surface area (Å²) in [5, 5.41) is 2.63. The van der Waals surface area contributed by atoms with Crippen molar-refractivity contribution in [2.45, 2.75) is 57.6 Å². The number of benzene rings is 2. The predicted molar refractivity (Wildman–Crippen MR) is 134 cm³/mol. The van der Waals surface area contributed by atoms with Crippen molar-refractivity contribution >= 4 is 17.7 Å². The van der Waals surface area contributed by atoms with Crippen LogP contribution in [0.4, 0.5) is 17.6 Å². The molecule has 11 heteroatoms. The van der Waals surface area contributed by atoms with Gasteiger partial charge in [0.05, 0.1) is 12.2 Å². The summed E-state index contributed by atoms with van der Waals surface area (Å²) < 4.78 is 58.9. The van der Waals surface area contributed by atoms with E-state index >= 15 is 0 Å². The van der Waals surface area contributed by atoms with Crippen LogP contribution in [0, 0.1) is 11.7 Å².